The van der Waals surface area contributed by atoms with Gasteiger partial charge in [-0.05, 0) is 44.2 Å². The van der Waals surface area contributed by atoms with Crippen LogP contribution < -0.4 is 10.6 Å². The van der Waals surface area contributed by atoms with Gasteiger partial charge >= 0.3 is 6.18 Å². The fourth-order valence-electron chi connectivity index (χ4n) is 3.15. The van der Waals surface area contributed by atoms with E-state index in [1.807, 2.05) is 0 Å². The van der Waals surface area contributed by atoms with Crippen LogP contribution in [-0.4, -0.2) is 55.7 Å². The molecule has 0 spiro atoms. The Hall–Kier alpha value is -0.820. The van der Waals surface area contributed by atoms with E-state index in [4.69, 9.17) is 0 Å². The molecule has 0 aromatic rings. The number of carbonyl (C=O) groups excluding carboxylic acids is 1. The minimum absolute atomic E-state index is 0.0178. The highest BCUT2D eigenvalue weighted by Crippen LogP contribution is 2.22. The average Bonchev–Trinajstić information content (AvgIpc) is 2.81. The number of likely N-dealkylation sites (tertiary alicyclic amines) is 1. The quantitative estimate of drug-likeness (QED) is 0.825. The van der Waals surface area contributed by atoms with E-state index in [0.717, 1.165) is 19.4 Å². The molecule has 4 nitrogen and oxygen atoms in total. The average molecular weight is 307 g/mol. The number of alkyl halides is 3. The molecule has 21 heavy (non-hydrogen) atoms. The number of carbonyl (C=O) groups is 1. The Bertz CT molecular complexity index is 362. The van der Waals surface area contributed by atoms with Gasteiger partial charge in [0.05, 0.1) is 12.6 Å². The second kappa shape index (κ2) is 6.96. The van der Waals surface area contributed by atoms with E-state index >= 15 is 0 Å². The molecular weight excluding hydrogens is 283 g/mol. The van der Waals surface area contributed by atoms with Crippen LogP contribution in [0.1, 0.15) is 26.2 Å². The van der Waals surface area contributed by atoms with E-state index < -0.39 is 12.7 Å². The van der Waals surface area contributed by atoms with Crippen molar-refractivity contribution in [3.8, 4) is 0 Å². The van der Waals surface area contributed by atoms with Gasteiger partial charge in [0.25, 0.3) is 0 Å². The molecule has 2 saturated heterocycles. The zero-order valence-electron chi connectivity index (χ0n) is 12.4. The van der Waals surface area contributed by atoms with Crippen molar-refractivity contribution in [2.45, 2.75) is 38.4 Å². The normalized spacial score (nSPS) is 31.3. The second-order valence-corrected chi connectivity index (χ2v) is 6.39. The van der Waals surface area contributed by atoms with Crippen LogP contribution in [-0.2, 0) is 4.79 Å². The minimum atomic E-state index is -4.14. The van der Waals surface area contributed by atoms with Crippen LogP contribution in [0.2, 0.25) is 0 Å². The number of amides is 1. The summed E-state index contributed by atoms with van der Waals surface area (Å²) in [7, 11) is 0. The zero-order valence-corrected chi connectivity index (χ0v) is 12.4. The molecule has 2 N–H and O–H groups in total. The van der Waals surface area contributed by atoms with E-state index in [2.05, 4.69) is 17.6 Å². The Morgan fingerprint density at radius 1 is 1.38 bits per heavy atom. The fraction of sp³-hybridized carbons (Fsp3) is 0.929. The van der Waals surface area contributed by atoms with Gasteiger partial charge in [0, 0.05) is 13.1 Å². The van der Waals surface area contributed by atoms with Crippen LogP contribution in [0.15, 0.2) is 0 Å². The fourth-order valence-corrected chi connectivity index (χ4v) is 3.15. The molecule has 0 saturated carbocycles. The highest BCUT2D eigenvalue weighted by molar-refractivity contribution is 5.81. The molecule has 3 unspecified atom stereocenters. The highest BCUT2D eigenvalue weighted by Gasteiger charge is 2.34. The Balaban J connectivity index is 1.68. The van der Waals surface area contributed by atoms with Crippen LogP contribution >= 0.6 is 0 Å². The van der Waals surface area contributed by atoms with E-state index in [9.17, 15) is 18.0 Å². The van der Waals surface area contributed by atoms with Gasteiger partial charge in [-0.2, -0.15) is 13.2 Å². The lowest BCUT2D eigenvalue weighted by atomic mass is 9.94. The third-order valence-corrected chi connectivity index (χ3v) is 4.32. The Kier molecular flexibility index (Phi) is 5.48. The van der Waals surface area contributed by atoms with Crippen LogP contribution in [0.25, 0.3) is 0 Å². The maximum atomic E-state index is 12.3. The van der Waals surface area contributed by atoms with Crippen molar-refractivity contribution in [3.63, 3.8) is 0 Å². The lowest BCUT2D eigenvalue weighted by Gasteiger charge is -2.27. The number of piperidine rings is 1. The Labute approximate surface area is 123 Å². The van der Waals surface area contributed by atoms with Gasteiger partial charge in [-0.3, -0.25) is 9.69 Å². The maximum absolute atomic E-state index is 12.3. The number of nitrogens with zero attached hydrogens (tertiary/aromatic N) is 1. The van der Waals surface area contributed by atoms with Crippen molar-refractivity contribution in [3.05, 3.63) is 0 Å². The van der Waals surface area contributed by atoms with Crippen LogP contribution in [0, 0.1) is 11.8 Å². The molecule has 0 aromatic carbocycles. The minimum Gasteiger partial charge on any atom is -0.354 e. The Morgan fingerprint density at radius 2 is 2.14 bits per heavy atom. The number of rotatable bonds is 4. The molecule has 2 heterocycles. The Morgan fingerprint density at radius 3 is 2.81 bits per heavy atom. The van der Waals surface area contributed by atoms with Gasteiger partial charge in [-0.1, -0.05) is 6.92 Å². The van der Waals surface area contributed by atoms with Crippen molar-refractivity contribution >= 4 is 5.91 Å². The first-order chi connectivity index (χ1) is 9.83. The molecule has 0 bridgehead atoms. The summed E-state index contributed by atoms with van der Waals surface area (Å²) < 4.78 is 36.9. The summed E-state index contributed by atoms with van der Waals surface area (Å²) in [5.41, 5.74) is 0. The van der Waals surface area contributed by atoms with E-state index in [0.29, 0.717) is 32.0 Å². The largest absolute Gasteiger partial charge is 0.401 e. The number of nitrogens with one attached hydrogen (secondary N) is 2. The summed E-state index contributed by atoms with van der Waals surface area (Å²) in [6.45, 7) is 3.47. The number of hydrogen-bond acceptors (Lipinski definition) is 3. The van der Waals surface area contributed by atoms with E-state index in [1.165, 1.54) is 4.90 Å². The smallest absolute Gasteiger partial charge is 0.354 e. The van der Waals surface area contributed by atoms with Gasteiger partial charge in [0.2, 0.25) is 5.91 Å². The molecule has 2 aliphatic rings. The summed E-state index contributed by atoms with van der Waals surface area (Å²) >= 11 is 0. The highest BCUT2D eigenvalue weighted by atomic mass is 19.4. The molecule has 0 aromatic heterocycles. The molecule has 122 valence electrons. The summed E-state index contributed by atoms with van der Waals surface area (Å²) in [5.74, 6) is 0.642. The van der Waals surface area contributed by atoms with Crippen LogP contribution in [0.5, 0.6) is 0 Å². The van der Waals surface area contributed by atoms with Crippen molar-refractivity contribution in [1.82, 2.24) is 15.5 Å². The van der Waals surface area contributed by atoms with E-state index in [-0.39, 0.29) is 17.9 Å². The van der Waals surface area contributed by atoms with Crippen molar-refractivity contribution in [2.24, 2.45) is 11.8 Å². The lowest BCUT2D eigenvalue weighted by Crippen LogP contribution is -2.49. The molecule has 0 aliphatic carbocycles. The van der Waals surface area contributed by atoms with Gasteiger partial charge in [-0.15, -0.1) is 0 Å². The topological polar surface area (TPSA) is 44.4 Å². The SMILES string of the molecule is CC1CCNC(C(=O)NCC2CCN(CC(F)(F)F)C2)C1. The first-order valence-corrected chi connectivity index (χ1v) is 7.63. The third kappa shape index (κ3) is 5.47. The molecule has 7 heteroatoms. The number of halogens is 3. The van der Waals surface area contributed by atoms with Gasteiger partial charge in [0.15, 0.2) is 0 Å². The monoisotopic (exact) mass is 307 g/mol. The zero-order chi connectivity index (χ0) is 15.5. The molecule has 3 atom stereocenters. The van der Waals surface area contributed by atoms with Crippen molar-refractivity contribution < 1.29 is 18.0 Å². The summed E-state index contributed by atoms with van der Waals surface area (Å²) in [5, 5.41) is 6.08. The van der Waals surface area contributed by atoms with Crippen molar-refractivity contribution in [2.75, 3.05) is 32.7 Å². The lowest BCUT2D eigenvalue weighted by molar-refractivity contribution is -0.143. The standard InChI is InChI=1S/C14H24F3N3O/c1-10-2-4-18-12(6-10)13(21)19-7-11-3-5-20(8-11)9-14(15,16)17/h10-12,18H,2-9H2,1H3,(H,19,21). The molecule has 1 amide bonds. The van der Waals surface area contributed by atoms with Crippen LogP contribution in [0.3, 0.4) is 0 Å². The van der Waals surface area contributed by atoms with Gasteiger partial charge in [-0.25, -0.2) is 0 Å². The van der Waals surface area contributed by atoms with Crippen molar-refractivity contribution in [1.29, 1.82) is 0 Å². The number of hydrogen-bond donors (Lipinski definition) is 2. The van der Waals surface area contributed by atoms with E-state index in [1.54, 1.807) is 0 Å². The maximum Gasteiger partial charge on any atom is 0.401 e. The van der Waals surface area contributed by atoms with Gasteiger partial charge in [0.1, 0.15) is 0 Å². The molecular formula is C14H24F3N3O. The molecule has 2 fully saturated rings. The second-order valence-electron chi connectivity index (χ2n) is 6.39. The van der Waals surface area contributed by atoms with Crippen LogP contribution in [0.4, 0.5) is 13.2 Å². The molecule has 0 radical (unpaired) electrons. The molecule has 2 aliphatic heterocycles. The molecule has 2 rings (SSSR count). The first kappa shape index (κ1) is 16.5. The predicted octanol–water partition coefficient (Wildman–Crippen LogP) is 1.37. The third-order valence-electron chi connectivity index (χ3n) is 4.32. The predicted molar refractivity (Wildman–Crippen MR) is 73.8 cm³/mol. The summed E-state index contributed by atoms with van der Waals surface area (Å²) in [6, 6.07) is -0.151. The first-order valence-electron chi connectivity index (χ1n) is 7.63. The van der Waals surface area contributed by atoms with Gasteiger partial charge < -0.3 is 10.6 Å². The summed E-state index contributed by atoms with van der Waals surface area (Å²) in [4.78, 5) is 13.5. The summed E-state index contributed by atoms with van der Waals surface area (Å²) in [6.07, 6.45) is -1.51.